The summed E-state index contributed by atoms with van der Waals surface area (Å²) in [6, 6.07) is 11.3. The molecule has 2 rings (SSSR count). The summed E-state index contributed by atoms with van der Waals surface area (Å²) in [6.07, 6.45) is 4.12. The number of pyridine rings is 1. The molecule has 3 heteroatoms. The Labute approximate surface area is 107 Å². The number of nitrogens with zero attached hydrogens (tertiary/aromatic N) is 1. The average Bonchev–Trinajstić information content (AvgIpc) is 2.45. The molecule has 0 unspecified atom stereocenters. The van der Waals surface area contributed by atoms with Gasteiger partial charge in [0.2, 0.25) is 0 Å². The fraction of sp³-hybridized carbons (Fsp3) is 0.200. The van der Waals surface area contributed by atoms with Crippen molar-refractivity contribution in [3.8, 4) is 0 Å². The molecule has 1 aromatic heterocycles. The number of nitrogens with one attached hydrogen (secondary N) is 1. The van der Waals surface area contributed by atoms with E-state index in [2.05, 4.69) is 10.3 Å². The molecule has 18 heavy (non-hydrogen) atoms. The lowest BCUT2D eigenvalue weighted by Gasteiger charge is -2.08. The van der Waals surface area contributed by atoms with E-state index in [-0.39, 0.29) is 5.78 Å². The number of benzene rings is 1. The molecule has 3 nitrogen and oxygen atoms in total. The lowest BCUT2D eigenvalue weighted by atomic mass is 9.97. The maximum absolute atomic E-state index is 12.4. The third-order valence-corrected chi connectivity index (χ3v) is 2.83. The number of carbonyl (C=O) groups excluding carboxylic acids is 1. The molecule has 0 atom stereocenters. The Morgan fingerprint density at radius 3 is 2.78 bits per heavy atom. The first-order valence-electron chi connectivity index (χ1n) is 6.00. The van der Waals surface area contributed by atoms with Gasteiger partial charge in [-0.25, -0.2) is 0 Å². The van der Waals surface area contributed by atoms with E-state index in [0.29, 0.717) is 5.56 Å². The van der Waals surface area contributed by atoms with Crippen molar-refractivity contribution >= 4 is 5.78 Å². The van der Waals surface area contributed by atoms with Gasteiger partial charge in [0.25, 0.3) is 0 Å². The lowest BCUT2D eigenvalue weighted by molar-refractivity contribution is 0.103. The van der Waals surface area contributed by atoms with Crippen LogP contribution in [0, 0.1) is 0 Å². The quantitative estimate of drug-likeness (QED) is 0.813. The highest BCUT2D eigenvalue weighted by Gasteiger charge is 2.12. The molecule has 1 heterocycles. The molecule has 1 N–H and O–H groups in total. The minimum atomic E-state index is 0.0369. The van der Waals surface area contributed by atoms with E-state index >= 15 is 0 Å². The second kappa shape index (κ2) is 6.07. The summed E-state index contributed by atoms with van der Waals surface area (Å²) in [5.74, 6) is 0.0369. The summed E-state index contributed by atoms with van der Waals surface area (Å²) in [5, 5.41) is 3.10. The largest absolute Gasteiger partial charge is 0.319 e. The molecule has 1 aromatic carbocycles. The molecular weight excluding hydrogens is 224 g/mol. The van der Waals surface area contributed by atoms with Gasteiger partial charge in [0.05, 0.1) is 0 Å². The number of aromatic nitrogens is 1. The number of likely N-dealkylation sites (N-methyl/N-ethyl adjacent to an activating group) is 1. The molecule has 0 saturated heterocycles. The van der Waals surface area contributed by atoms with Gasteiger partial charge >= 0.3 is 0 Å². The van der Waals surface area contributed by atoms with E-state index in [1.807, 2.05) is 31.3 Å². The van der Waals surface area contributed by atoms with Crippen LogP contribution in [0.2, 0.25) is 0 Å². The van der Waals surface area contributed by atoms with Crippen LogP contribution in [0.15, 0.2) is 48.8 Å². The van der Waals surface area contributed by atoms with Crippen LogP contribution in [0.5, 0.6) is 0 Å². The summed E-state index contributed by atoms with van der Waals surface area (Å²) >= 11 is 0. The Hall–Kier alpha value is -2.00. The van der Waals surface area contributed by atoms with Crippen molar-refractivity contribution in [2.75, 3.05) is 13.6 Å². The van der Waals surface area contributed by atoms with Crippen LogP contribution in [0.4, 0.5) is 0 Å². The van der Waals surface area contributed by atoms with Crippen LogP contribution in [-0.4, -0.2) is 24.4 Å². The number of rotatable bonds is 5. The first kappa shape index (κ1) is 12.5. The van der Waals surface area contributed by atoms with Crippen LogP contribution in [0.25, 0.3) is 0 Å². The standard InChI is InChI=1S/C15H16N2O/c1-16-10-8-12-5-2-3-7-14(12)15(18)13-6-4-9-17-11-13/h2-7,9,11,16H,8,10H2,1H3. The second-order valence-electron chi connectivity index (χ2n) is 4.08. The molecule has 0 bridgehead atoms. The van der Waals surface area contributed by atoms with E-state index in [1.165, 1.54) is 0 Å². The van der Waals surface area contributed by atoms with Crippen molar-refractivity contribution in [2.45, 2.75) is 6.42 Å². The molecule has 0 amide bonds. The molecule has 0 radical (unpaired) electrons. The van der Waals surface area contributed by atoms with Crippen LogP contribution >= 0.6 is 0 Å². The topological polar surface area (TPSA) is 42.0 Å². The van der Waals surface area contributed by atoms with Crippen molar-refractivity contribution in [1.82, 2.24) is 10.3 Å². The second-order valence-corrected chi connectivity index (χ2v) is 4.08. The lowest BCUT2D eigenvalue weighted by Crippen LogP contribution is -2.13. The fourth-order valence-corrected chi connectivity index (χ4v) is 1.87. The third kappa shape index (κ3) is 2.81. The number of hydrogen-bond acceptors (Lipinski definition) is 3. The molecule has 0 saturated carbocycles. The zero-order valence-corrected chi connectivity index (χ0v) is 10.4. The van der Waals surface area contributed by atoms with E-state index < -0.39 is 0 Å². The van der Waals surface area contributed by atoms with E-state index in [4.69, 9.17) is 0 Å². The molecule has 0 aliphatic heterocycles. The van der Waals surface area contributed by atoms with Crippen molar-refractivity contribution in [3.05, 3.63) is 65.5 Å². The van der Waals surface area contributed by atoms with Gasteiger partial charge in [0, 0.05) is 23.5 Å². The van der Waals surface area contributed by atoms with E-state index in [9.17, 15) is 4.79 Å². The Morgan fingerprint density at radius 1 is 1.22 bits per heavy atom. The summed E-state index contributed by atoms with van der Waals surface area (Å²) in [4.78, 5) is 16.4. The molecule has 92 valence electrons. The van der Waals surface area contributed by atoms with Gasteiger partial charge in [0.1, 0.15) is 0 Å². The van der Waals surface area contributed by atoms with Crippen molar-refractivity contribution < 1.29 is 4.79 Å². The molecule has 0 spiro atoms. The van der Waals surface area contributed by atoms with Gasteiger partial charge in [-0.15, -0.1) is 0 Å². The van der Waals surface area contributed by atoms with Gasteiger partial charge in [0.15, 0.2) is 5.78 Å². The SMILES string of the molecule is CNCCc1ccccc1C(=O)c1cccnc1. The predicted octanol–water partition coefficient (Wildman–Crippen LogP) is 2.07. The first-order valence-corrected chi connectivity index (χ1v) is 6.00. The number of ketones is 1. The summed E-state index contributed by atoms with van der Waals surface area (Å²) in [6.45, 7) is 0.858. The first-order chi connectivity index (χ1) is 8.83. The summed E-state index contributed by atoms with van der Waals surface area (Å²) in [5.41, 5.74) is 2.47. The van der Waals surface area contributed by atoms with Crippen molar-refractivity contribution in [2.24, 2.45) is 0 Å². The van der Waals surface area contributed by atoms with Crippen molar-refractivity contribution in [3.63, 3.8) is 0 Å². The average molecular weight is 240 g/mol. The predicted molar refractivity (Wildman–Crippen MR) is 71.7 cm³/mol. The van der Waals surface area contributed by atoms with Gasteiger partial charge in [-0.2, -0.15) is 0 Å². The summed E-state index contributed by atoms with van der Waals surface area (Å²) < 4.78 is 0. The van der Waals surface area contributed by atoms with Gasteiger partial charge < -0.3 is 5.32 Å². The van der Waals surface area contributed by atoms with Crippen molar-refractivity contribution in [1.29, 1.82) is 0 Å². The highest BCUT2D eigenvalue weighted by Crippen LogP contribution is 2.14. The third-order valence-electron chi connectivity index (χ3n) is 2.83. The maximum atomic E-state index is 12.4. The maximum Gasteiger partial charge on any atom is 0.194 e. The van der Waals surface area contributed by atoms with E-state index in [1.54, 1.807) is 24.5 Å². The molecule has 0 fully saturated rings. The smallest absolute Gasteiger partial charge is 0.194 e. The van der Waals surface area contributed by atoms with Crippen LogP contribution < -0.4 is 5.32 Å². The summed E-state index contributed by atoms with van der Waals surface area (Å²) in [7, 11) is 1.91. The Morgan fingerprint density at radius 2 is 2.06 bits per heavy atom. The zero-order chi connectivity index (χ0) is 12.8. The highest BCUT2D eigenvalue weighted by molar-refractivity contribution is 6.09. The van der Waals surface area contributed by atoms with Crippen LogP contribution in [0.1, 0.15) is 21.5 Å². The van der Waals surface area contributed by atoms with Crippen LogP contribution in [0.3, 0.4) is 0 Å². The molecule has 0 aliphatic carbocycles. The Kier molecular flexibility index (Phi) is 4.20. The fourth-order valence-electron chi connectivity index (χ4n) is 1.87. The Bertz CT molecular complexity index is 523. The van der Waals surface area contributed by atoms with Gasteiger partial charge in [-0.1, -0.05) is 24.3 Å². The van der Waals surface area contributed by atoms with Gasteiger partial charge in [-0.3, -0.25) is 9.78 Å². The molecule has 2 aromatic rings. The minimum absolute atomic E-state index is 0.0369. The molecule has 0 aliphatic rings. The normalized spacial score (nSPS) is 10.3. The Balaban J connectivity index is 2.30. The van der Waals surface area contributed by atoms with Crippen LogP contribution in [-0.2, 0) is 6.42 Å². The number of hydrogen-bond donors (Lipinski definition) is 1. The van der Waals surface area contributed by atoms with Gasteiger partial charge in [-0.05, 0) is 37.7 Å². The molecular formula is C15H16N2O. The van der Waals surface area contributed by atoms with E-state index in [0.717, 1.165) is 24.1 Å². The zero-order valence-electron chi connectivity index (χ0n) is 10.4. The highest BCUT2D eigenvalue weighted by atomic mass is 16.1. The minimum Gasteiger partial charge on any atom is -0.319 e. The number of carbonyl (C=O) groups is 1. The monoisotopic (exact) mass is 240 g/mol.